The summed E-state index contributed by atoms with van der Waals surface area (Å²) in [6, 6.07) is 4.14. The standard InChI is InChI=1S/C11H15NO2S/c1-12-6-8(10-4-3-5-15-10)9(7-12)11(13)14-2/h3-5,8-9H,6-7H2,1-2H3/t8-,9-/m0/s1. The fourth-order valence-corrected chi connectivity index (χ4v) is 3.07. The maximum absolute atomic E-state index is 11.6. The Labute approximate surface area is 93.7 Å². The molecule has 2 heterocycles. The van der Waals surface area contributed by atoms with E-state index in [4.69, 9.17) is 4.74 Å². The maximum atomic E-state index is 11.6. The van der Waals surface area contributed by atoms with E-state index >= 15 is 0 Å². The van der Waals surface area contributed by atoms with Gasteiger partial charge in [-0.15, -0.1) is 11.3 Å². The lowest BCUT2D eigenvalue weighted by atomic mass is 9.95. The highest BCUT2D eigenvalue weighted by atomic mass is 32.1. The molecular weight excluding hydrogens is 210 g/mol. The van der Waals surface area contributed by atoms with E-state index in [9.17, 15) is 4.79 Å². The largest absolute Gasteiger partial charge is 0.469 e. The summed E-state index contributed by atoms with van der Waals surface area (Å²) in [6.45, 7) is 1.75. The second-order valence-electron chi connectivity index (χ2n) is 3.97. The monoisotopic (exact) mass is 225 g/mol. The fourth-order valence-electron chi connectivity index (χ4n) is 2.18. The van der Waals surface area contributed by atoms with E-state index in [1.807, 2.05) is 13.1 Å². The number of rotatable bonds is 2. The van der Waals surface area contributed by atoms with Crippen LogP contribution in [0, 0.1) is 5.92 Å². The van der Waals surface area contributed by atoms with Gasteiger partial charge in [0.05, 0.1) is 13.0 Å². The van der Waals surface area contributed by atoms with Crippen LogP contribution in [0.2, 0.25) is 0 Å². The van der Waals surface area contributed by atoms with Gasteiger partial charge >= 0.3 is 5.97 Å². The summed E-state index contributed by atoms with van der Waals surface area (Å²) in [5.74, 6) is 0.221. The van der Waals surface area contributed by atoms with Crippen LogP contribution < -0.4 is 0 Å². The quantitative estimate of drug-likeness (QED) is 0.715. The molecule has 1 aliphatic rings. The van der Waals surface area contributed by atoms with Crippen LogP contribution in [0.15, 0.2) is 17.5 Å². The van der Waals surface area contributed by atoms with E-state index in [-0.39, 0.29) is 11.9 Å². The third-order valence-corrected chi connectivity index (χ3v) is 3.92. The first-order valence-electron chi connectivity index (χ1n) is 5.02. The van der Waals surface area contributed by atoms with E-state index in [0.717, 1.165) is 13.1 Å². The van der Waals surface area contributed by atoms with Gasteiger partial charge in [0.1, 0.15) is 0 Å². The van der Waals surface area contributed by atoms with Crippen molar-refractivity contribution in [3.05, 3.63) is 22.4 Å². The third kappa shape index (κ3) is 2.06. The lowest BCUT2D eigenvalue weighted by molar-refractivity contribution is -0.145. The molecule has 3 nitrogen and oxygen atoms in total. The van der Waals surface area contributed by atoms with E-state index in [1.54, 1.807) is 11.3 Å². The van der Waals surface area contributed by atoms with Crippen molar-refractivity contribution in [1.82, 2.24) is 4.90 Å². The van der Waals surface area contributed by atoms with Crippen molar-refractivity contribution in [3.63, 3.8) is 0 Å². The number of likely N-dealkylation sites (N-methyl/N-ethyl adjacent to an activating group) is 1. The van der Waals surface area contributed by atoms with Gasteiger partial charge in [0.25, 0.3) is 0 Å². The zero-order chi connectivity index (χ0) is 10.8. The SMILES string of the molecule is COC(=O)[C@H]1CN(C)C[C@@H]1c1cccs1. The molecule has 0 radical (unpaired) electrons. The first-order chi connectivity index (χ1) is 7.22. The molecule has 1 fully saturated rings. The smallest absolute Gasteiger partial charge is 0.310 e. The lowest BCUT2D eigenvalue weighted by Gasteiger charge is -2.14. The second kappa shape index (κ2) is 4.33. The molecule has 0 unspecified atom stereocenters. The zero-order valence-electron chi connectivity index (χ0n) is 8.97. The molecule has 0 amide bonds. The average Bonchev–Trinajstić information content (AvgIpc) is 2.84. The van der Waals surface area contributed by atoms with Gasteiger partial charge in [-0.25, -0.2) is 0 Å². The van der Waals surface area contributed by atoms with Crippen LogP contribution in [-0.2, 0) is 9.53 Å². The Bertz CT molecular complexity index is 336. The summed E-state index contributed by atoms with van der Waals surface area (Å²) >= 11 is 1.72. The van der Waals surface area contributed by atoms with Crippen LogP contribution in [-0.4, -0.2) is 38.1 Å². The number of methoxy groups -OCH3 is 1. The van der Waals surface area contributed by atoms with Gasteiger partial charge in [0, 0.05) is 23.9 Å². The van der Waals surface area contributed by atoms with E-state index in [0.29, 0.717) is 5.92 Å². The Hall–Kier alpha value is -0.870. The predicted molar refractivity (Wildman–Crippen MR) is 60.1 cm³/mol. The molecule has 0 spiro atoms. The Kier molecular flexibility index (Phi) is 3.07. The van der Waals surface area contributed by atoms with Crippen molar-refractivity contribution in [1.29, 1.82) is 0 Å². The van der Waals surface area contributed by atoms with E-state index in [2.05, 4.69) is 16.3 Å². The predicted octanol–water partition coefficient (Wildman–Crippen LogP) is 1.57. The van der Waals surface area contributed by atoms with Gasteiger partial charge in [0.2, 0.25) is 0 Å². The molecule has 2 rings (SSSR count). The maximum Gasteiger partial charge on any atom is 0.310 e. The van der Waals surface area contributed by atoms with Crippen molar-refractivity contribution in [2.75, 3.05) is 27.2 Å². The summed E-state index contributed by atoms with van der Waals surface area (Å²) in [5.41, 5.74) is 0. The summed E-state index contributed by atoms with van der Waals surface area (Å²) < 4.78 is 4.85. The highest BCUT2D eigenvalue weighted by molar-refractivity contribution is 7.10. The molecule has 0 bridgehead atoms. The number of hydrogen-bond acceptors (Lipinski definition) is 4. The van der Waals surface area contributed by atoms with Crippen LogP contribution >= 0.6 is 11.3 Å². The highest BCUT2D eigenvalue weighted by Crippen LogP contribution is 2.34. The second-order valence-corrected chi connectivity index (χ2v) is 4.95. The van der Waals surface area contributed by atoms with E-state index in [1.165, 1.54) is 12.0 Å². The lowest BCUT2D eigenvalue weighted by Crippen LogP contribution is -2.22. The first-order valence-corrected chi connectivity index (χ1v) is 5.90. The first kappa shape index (κ1) is 10.6. The molecule has 1 aromatic heterocycles. The minimum absolute atomic E-state index is 0.00125. The molecule has 0 N–H and O–H groups in total. The van der Waals surface area contributed by atoms with Crippen LogP contribution in [0.5, 0.6) is 0 Å². The Balaban J connectivity index is 2.19. The zero-order valence-corrected chi connectivity index (χ0v) is 9.79. The van der Waals surface area contributed by atoms with Crippen molar-refractivity contribution in [2.24, 2.45) is 5.92 Å². The molecule has 0 aliphatic carbocycles. The summed E-state index contributed by atoms with van der Waals surface area (Å²) in [7, 11) is 3.51. The van der Waals surface area contributed by atoms with Gasteiger partial charge in [-0.3, -0.25) is 4.79 Å². The molecular formula is C11H15NO2S. The van der Waals surface area contributed by atoms with Crippen molar-refractivity contribution >= 4 is 17.3 Å². The van der Waals surface area contributed by atoms with Crippen LogP contribution in [0.4, 0.5) is 0 Å². The molecule has 1 aliphatic heterocycles. The van der Waals surface area contributed by atoms with Gasteiger partial charge in [0.15, 0.2) is 0 Å². The number of thiophene rings is 1. The molecule has 1 saturated heterocycles. The van der Waals surface area contributed by atoms with E-state index < -0.39 is 0 Å². The van der Waals surface area contributed by atoms with Crippen molar-refractivity contribution in [3.8, 4) is 0 Å². The van der Waals surface area contributed by atoms with Gasteiger partial charge < -0.3 is 9.64 Å². The third-order valence-electron chi connectivity index (χ3n) is 2.92. The summed E-state index contributed by atoms with van der Waals surface area (Å²) in [6.07, 6.45) is 0. The Morgan fingerprint density at radius 1 is 1.60 bits per heavy atom. The summed E-state index contributed by atoms with van der Waals surface area (Å²) in [4.78, 5) is 15.1. The number of carbonyl (C=O) groups excluding carboxylic acids is 1. The molecule has 15 heavy (non-hydrogen) atoms. The minimum atomic E-state index is -0.0854. The van der Waals surface area contributed by atoms with Crippen molar-refractivity contribution in [2.45, 2.75) is 5.92 Å². The molecule has 0 aromatic carbocycles. The molecule has 82 valence electrons. The van der Waals surface area contributed by atoms with Crippen LogP contribution in [0.25, 0.3) is 0 Å². The van der Waals surface area contributed by atoms with Gasteiger partial charge in [-0.05, 0) is 18.5 Å². The number of ether oxygens (including phenoxy) is 1. The number of carbonyl (C=O) groups is 1. The topological polar surface area (TPSA) is 29.5 Å². The molecule has 1 aromatic rings. The molecule has 2 atom stereocenters. The number of likely N-dealkylation sites (tertiary alicyclic amines) is 1. The Morgan fingerprint density at radius 3 is 3.00 bits per heavy atom. The molecule has 0 saturated carbocycles. The fraction of sp³-hybridized carbons (Fsp3) is 0.545. The Morgan fingerprint density at radius 2 is 2.40 bits per heavy atom. The van der Waals surface area contributed by atoms with Crippen LogP contribution in [0.1, 0.15) is 10.8 Å². The number of esters is 1. The normalized spacial score (nSPS) is 26.8. The number of hydrogen-bond donors (Lipinski definition) is 0. The van der Waals surface area contributed by atoms with Gasteiger partial charge in [-0.2, -0.15) is 0 Å². The van der Waals surface area contributed by atoms with Gasteiger partial charge in [-0.1, -0.05) is 6.07 Å². The van der Waals surface area contributed by atoms with Crippen molar-refractivity contribution < 1.29 is 9.53 Å². The average molecular weight is 225 g/mol. The van der Waals surface area contributed by atoms with Crippen LogP contribution in [0.3, 0.4) is 0 Å². The minimum Gasteiger partial charge on any atom is -0.469 e. The summed E-state index contributed by atoms with van der Waals surface area (Å²) in [5, 5.41) is 2.06. The molecule has 4 heteroatoms. The number of nitrogens with zero attached hydrogens (tertiary/aromatic N) is 1. The highest BCUT2D eigenvalue weighted by Gasteiger charge is 2.38.